The van der Waals surface area contributed by atoms with Gasteiger partial charge in [-0.05, 0) is 32.9 Å². The Morgan fingerprint density at radius 3 is 2.61 bits per heavy atom. The van der Waals surface area contributed by atoms with E-state index < -0.39 is 0 Å². The number of carbonyl (C=O) groups excluding carboxylic acids is 1. The topological polar surface area (TPSA) is 96.2 Å². The zero-order valence-electron chi connectivity index (χ0n) is 21.3. The van der Waals surface area contributed by atoms with Gasteiger partial charge >= 0.3 is 5.69 Å². The molecular formula is C25H35ClN4O6. The van der Waals surface area contributed by atoms with Crippen molar-refractivity contribution in [2.24, 2.45) is 5.92 Å². The number of piperidine rings is 1. The molecule has 0 aliphatic carbocycles. The largest absolute Gasteiger partial charge is 0.491 e. The molecule has 4 rings (SSSR count). The molecule has 2 aromatic rings. The Morgan fingerprint density at radius 1 is 1.19 bits per heavy atom. The normalized spacial score (nSPS) is 19.9. The number of benzene rings is 1. The molecule has 198 valence electrons. The van der Waals surface area contributed by atoms with Crippen molar-refractivity contribution >= 4 is 17.5 Å². The lowest BCUT2D eigenvalue weighted by molar-refractivity contribution is -0.0112. The highest BCUT2D eigenvalue weighted by molar-refractivity contribution is 6.33. The van der Waals surface area contributed by atoms with Crippen molar-refractivity contribution in [2.75, 3.05) is 53.6 Å². The van der Waals surface area contributed by atoms with Gasteiger partial charge in [0, 0.05) is 57.6 Å². The number of rotatable bonds is 9. The molecule has 1 aromatic heterocycles. The minimum atomic E-state index is -0.285. The first kappa shape index (κ1) is 26.4. The molecule has 1 saturated heterocycles. The molecule has 1 N–H and O–H groups in total. The maximum absolute atomic E-state index is 13.1. The second kappa shape index (κ2) is 11.6. The molecular weight excluding hydrogens is 488 g/mol. The van der Waals surface area contributed by atoms with Gasteiger partial charge in [-0.2, -0.15) is 0 Å². The van der Waals surface area contributed by atoms with Crippen molar-refractivity contribution < 1.29 is 23.7 Å². The highest BCUT2D eigenvalue weighted by atomic mass is 35.5. The maximum Gasteiger partial charge on any atom is 0.328 e. The van der Waals surface area contributed by atoms with E-state index >= 15 is 0 Å². The molecule has 36 heavy (non-hydrogen) atoms. The van der Waals surface area contributed by atoms with Gasteiger partial charge in [-0.3, -0.25) is 18.8 Å². The molecule has 0 saturated carbocycles. The summed E-state index contributed by atoms with van der Waals surface area (Å²) in [6.07, 6.45) is 4.51. The van der Waals surface area contributed by atoms with Crippen molar-refractivity contribution in [3.05, 3.63) is 39.5 Å². The highest BCUT2D eigenvalue weighted by Gasteiger charge is 2.31. The van der Waals surface area contributed by atoms with E-state index in [4.69, 9.17) is 30.5 Å². The smallest absolute Gasteiger partial charge is 0.328 e. The van der Waals surface area contributed by atoms with Crippen molar-refractivity contribution in [3.8, 4) is 17.2 Å². The van der Waals surface area contributed by atoms with Crippen LogP contribution in [0.15, 0.2) is 23.3 Å². The molecule has 0 radical (unpaired) electrons. The van der Waals surface area contributed by atoms with Crippen LogP contribution in [0.25, 0.3) is 0 Å². The Hall–Kier alpha value is -2.69. The van der Waals surface area contributed by atoms with E-state index in [0.29, 0.717) is 49.1 Å². The number of methoxy groups -OCH3 is 2. The number of halogens is 1. The van der Waals surface area contributed by atoms with Gasteiger partial charge in [0.15, 0.2) is 11.5 Å². The van der Waals surface area contributed by atoms with Crippen LogP contribution in [-0.2, 0) is 11.3 Å². The Balaban J connectivity index is 1.34. The Bertz CT molecular complexity index is 1130. The number of ether oxygens (including phenoxy) is 4. The summed E-state index contributed by atoms with van der Waals surface area (Å²) in [7, 11) is 3.19. The second-order valence-electron chi connectivity index (χ2n) is 9.40. The molecule has 1 unspecified atom stereocenters. The Kier molecular flexibility index (Phi) is 8.48. The molecule has 2 atom stereocenters. The maximum atomic E-state index is 13.1. The molecule has 3 heterocycles. The van der Waals surface area contributed by atoms with Crippen molar-refractivity contribution in [2.45, 2.75) is 39.0 Å². The number of amides is 1. The van der Waals surface area contributed by atoms with E-state index in [1.807, 2.05) is 26.2 Å². The van der Waals surface area contributed by atoms with E-state index in [9.17, 15) is 9.59 Å². The van der Waals surface area contributed by atoms with Crippen molar-refractivity contribution in [1.29, 1.82) is 0 Å². The van der Waals surface area contributed by atoms with Crippen LogP contribution in [0.3, 0.4) is 0 Å². The van der Waals surface area contributed by atoms with Gasteiger partial charge in [0.05, 0.1) is 23.8 Å². The molecule has 2 aliphatic heterocycles. The summed E-state index contributed by atoms with van der Waals surface area (Å²) in [5.41, 5.74) is 0.335. The van der Waals surface area contributed by atoms with Gasteiger partial charge in [0.25, 0.3) is 5.91 Å². The lowest BCUT2D eigenvalue weighted by Crippen LogP contribution is -2.49. The third-order valence-electron chi connectivity index (χ3n) is 6.86. The van der Waals surface area contributed by atoms with Crippen LogP contribution in [0, 0.1) is 5.92 Å². The number of aromatic nitrogens is 2. The van der Waals surface area contributed by atoms with E-state index in [-0.39, 0.29) is 34.7 Å². The van der Waals surface area contributed by atoms with E-state index in [1.54, 1.807) is 22.3 Å². The summed E-state index contributed by atoms with van der Waals surface area (Å²) in [6, 6.07) is 1.69. The van der Waals surface area contributed by atoms with Crippen LogP contribution in [0.1, 0.15) is 36.7 Å². The number of nitrogens with zero attached hydrogens (tertiary/aromatic N) is 3. The number of nitrogens with one attached hydrogen (secondary N) is 1. The Morgan fingerprint density at radius 2 is 1.94 bits per heavy atom. The van der Waals surface area contributed by atoms with Gasteiger partial charge < -0.3 is 24.3 Å². The van der Waals surface area contributed by atoms with Crippen LogP contribution in [0.2, 0.25) is 5.02 Å². The van der Waals surface area contributed by atoms with Crippen LogP contribution in [0.5, 0.6) is 17.2 Å². The zero-order chi connectivity index (χ0) is 25.8. The van der Waals surface area contributed by atoms with Gasteiger partial charge in [-0.1, -0.05) is 11.6 Å². The van der Waals surface area contributed by atoms with Gasteiger partial charge in [0.2, 0.25) is 5.75 Å². The molecule has 0 bridgehead atoms. The quantitative estimate of drug-likeness (QED) is 0.540. The molecule has 1 amide bonds. The fraction of sp³-hybridized carbons (Fsp3) is 0.600. The molecule has 0 spiro atoms. The Labute approximate surface area is 216 Å². The predicted octanol–water partition coefficient (Wildman–Crippen LogP) is 2.43. The number of likely N-dealkylation sites (tertiary alicyclic amines) is 1. The van der Waals surface area contributed by atoms with Crippen molar-refractivity contribution in [1.82, 2.24) is 19.4 Å². The minimum Gasteiger partial charge on any atom is -0.491 e. The van der Waals surface area contributed by atoms with Gasteiger partial charge in [0.1, 0.15) is 13.2 Å². The standard InChI is InChI=1S/C25H35ClN4O6/c1-16(2)30-10-9-29(25(30)32)8-7-28-6-5-17(20(15-28)33-3)14-27-24(31)18-13-19(26)22(34-4)23-21(18)35-11-12-36-23/h9-10,13,16-17,20H,5-8,11-12,14-15H2,1-4H3,(H,27,31)/t17?,20-/m1/s1. The lowest BCUT2D eigenvalue weighted by atomic mass is 9.93. The lowest BCUT2D eigenvalue weighted by Gasteiger charge is -2.38. The number of hydrogen-bond acceptors (Lipinski definition) is 7. The average molecular weight is 523 g/mol. The summed E-state index contributed by atoms with van der Waals surface area (Å²) in [5.74, 6) is 0.930. The number of carbonyl (C=O) groups is 1. The first-order valence-electron chi connectivity index (χ1n) is 12.3. The van der Waals surface area contributed by atoms with Gasteiger partial charge in [-0.15, -0.1) is 0 Å². The van der Waals surface area contributed by atoms with Crippen molar-refractivity contribution in [3.63, 3.8) is 0 Å². The first-order chi connectivity index (χ1) is 17.3. The SMILES string of the molecule is COc1c(Cl)cc(C(=O)NCC2CCN(CCn3ccn(C(C)C)c3=O)C[C@H]2OC)c2c1OCCO2. The molecule has 11 heteroatoms. The van der Waals surface area contributed by atoms with Crippen LogP contribution < -0.4 is 25.2 Å². The monoisotopic (exact) mass is 522 g/mol. The van der Waals surface area contributed by atoms with Gasteiger partial charge in [-0.25, -0.2) is 4.79 Å². The fourth-order valence-corrected chi connectivity index (χ4v) is 5.08. The summed E-state index contributed by atoms with van der Waals surface area (Å²) in [5, 5.41) is 3.31. The predicted molar refractivity (Wildman–Crippen MR) is 136 cm³/mol. The minimum absolute atomic E-state index is 0.0149. The first-order valence-corrected chi connectivity index (χ1v) is 12.7. The number of hydrogen-bond donors (Lipinski definition) is 1. The third-order valence-corrected chi connectivity index (χ3v) is 7.15. The highest BCUT2D eigenvalue weighted by Crippen LogP contribution is 2.46. The average Bonchev–Trinajstić information content (AvgIpc) is 3.26. The van der Waals surface area contributed by atoms with Crippen LogP contribution in [0.4, 0.5) is 0 Å². The van der Waals surface area contributed by atoms with Crippen LogP contribution >= 0.6 is 11.6 Å². The molecule has 10 nitrogen and oxygen atoms in total. The number of fused-ring (bicyclic) bond motifs is 1. The van der Waals surface area contributed by atoms with E-state index in [2.05, 4.69) is 10.2 Å². The molecule has 2 aliphatic rings. The third kappa shape index (κ3) is 5.50. The summed E-state index contributed by atoms with van der Waals surface area (Å²) in [6.45, 7) is 8.14. The summed E-state index contributed by atoms with van der Waals surface area (Å²) >= 11 is 6.33. The van der Waals surface area contributed by atoms with E-state index in [1.165, 1.54) is 7.11 Å². The van der Waals surface area contributed by atoms with E-state index in [0.717, 1.165) is 26.1 Å². The molecule has 1 aromatic carbocycles. The summed E-state index contributed by atoms with van der Waals surface area (Å²) < 4.78 is 26.0. The van der Waals surface area contributed by atoms with Crippen LogP contribution in [-0.4, -0.2) is 79.7 Å². The zero-order valence-corrected chi connectivity index (χ0v) is 22.0. The second-order valence-corrected chi connectivity index (χ2v) is 9.81. The fourth-order valence-electron chi connectivity index (χ4n) is 4.80. The summed E-state index contributed by atoms with van der Waals surface area (Å²) in [4.78, 5) is 27.9. The molecule has 1 fully saturated rings. The number of imidazole rings is 1.